The van der Waals surface area contributed by atoms with Crippen molar-refractivity contribution in [2.75, 3.05) is 18.0 Å². The second-order valence-electron chi connectivity index (χ2n) is 4.67. The molecular formula is C12H15BrN2O3. The number of halogens is 1. The van der Waals surface area contributed by atoms with Crippen LogP contribution in [0, 0.1) is 16.0 Å². The Morgan fingerprint density at radius 3 is 2.89 bits per heavy atom. The summed E-state index contributed by atoms with van der Waals surface area (Å²) >= 11 is 3.34. The number of nitro benzene ring substituents is 1. The van der Waals surface area contributed by atoms with Gasteiger partial charge in [-0.1, -0.05) is 22.9 Å². The average Bonchev–Trinajstić information content (AvgIpc) is 2.32. The number of nitro groups is 1. The molecule has 0 bridgehead atoms. The number of rotatable bonds is 2. The van der Waals surface area contributed by atoms with E-state index in [2.05, 4.69) is 15.9 Å². The van der Waals surface area contributed by atoms with Crippen LogP contribution in [0.5, 0.6) is 0 Å². The first kappa shape index (κ1) is 13.3. The maximum atomic E-state index is 11.0. The van der Waals surface area contributed by atoms with Crippen molar-refractivity contribution in [1.82, 2.24) is 0 Å². The van der Waals surface area contributed by atoms with Crippen molar-refractivity contribution >= 4 is 27.3 Å². The Labute approximate surface area is 114 Å². The van der Waals surface area contributed by atoms with Gasteiger partial charge in [-0.25, -0.2) is 0 Å². The molecule has 0 amide bonds. The Morgan fingerprint density at radius 1 is 1.56 bits per heavy atom. The van der Waals surface area contributed by atoms with Gasteiger partial charge >= 0.3 is 0 Å². The van der Waals surface area contributed by atoms with E-state index in [1.54, 1.807) is 12.1 Å². The standard InChI is InChI=1S/C12H15BrN2O3/c1-8-7-14(5-4-12(8)16)11-6-9(13)2-3-10(11)15(17)18/h2-3,6,8,12,16H,4-5,7H2,1H3. The lowest BCUT2D eigenvalue weighted by Crippen LogP contribution is -2.42. The lowest BCUT2D eigenvalue weighted by molar-refractivity contribution is -0.384. The van der Waals surface area contributed by atoms with E-state index in [9.17, 15) is 15.2 Å². The van der Waals surface area contributed by atoms with Gasteiger partial charge in [0.2, 0.25) is 0 Å². The molecule has 6 heteroatoms. The summed E-state index contributed by atoms with van der Waals surface area (Å²) < 4.78 is 0.821. The highest BCUT2D eigenvalue weighted by atomic mass is 79.9. The zero-order valence-corrected chi connectivity index (χ0v) is 11.6. The molecular weight excluding hydrogens is 300 g/mol. The van der Waals surface area contributed by atoms with Crippen molar-refractivity contribution in [2.45, 2.75) is 19.4 Å². The SMILES string of the molecule is CC1CN(c2cc(Br)ccc2[N+](=O)[O-])CCC1O. The number of nitrogens with zero attached hydrogens (tertiary/aromatic N) is 2. The quantitative estimate of drug-likeness (QED) is 0.673. The first-order chi connectivity index (χ1) is 8.49. The summed E-state index contributed by atoms with van der Waals surface area (Å²) in [7, 11) is 0. The largest absolute Gasteiger partial charge is 0.393 e. The molecule has 1 heterocycles. The molecule has 0 aliphatic carbocycles. The summed E-state index contributed by atoms with van der Waals surface area (Å²) in [5, 5.41) is 20.7. The van der Waals surface area contributed by atoms with Crippen LogP contribution in [0.15, 0.2) is 22.7 Å². The third-order valence-electron chi connectivity index (χ3n) is 3.33. The number of benzene rings is 1. The lowest BCUT2D eigenvalue weighted by atomic mass is 9.96. The fourth-order valence-electron chi connectivity index (χ4n) is 2.26. The van der Waals surface area contributed by atoms with E-state index in [-0.39, 0.29) is 22.6 Å². The molecule has 2 rings (SSSR count). The van der Waals surface area contributed by atoms with Crippen LogP contribution in [0.25, 0.3) is 0 Å². The van der Waals surface area contributed by atoms with Crippen LogP contribution in [0.2, 0.25) is 0 Å². The predicted octanol–water partition coefficient (Wildman–Crippen LogP) is 2.56. The average molecular weight is 315 g/mol. The Balaban J connectivity index is 2.32. The van der Waals surface area contributed by atoms with Gasteiger partial charge in [0.25, 0.3) is 5.69 Å². The molecule has 1 aliphatic heterocycles. The van der Waals surface area contributed by atoms with E-state index < -0.39 is 0 Å². The number of aliphatic hydroxyl groups excluding tert-OH is 1. The molecule has 0 spiro atoms. The maximum Gasteiger partial charge on any atom is 0.292 e. The third kappa shape index (κ3) is 2.64. The van der Waals surface area contributed by atoms with E-state index >= 15 is 0 Å². The molecule has 1 N–H and O–H groups in total. The number of aliphatic hydroxyl groups is 1. The first-order valence-corrected chi connectivity index (χ1v) is 6.65. The van der Waals surface area contributed by atoms with E-state index in [4.69, 9.17) is 0 Å². The van der Waals surface area contributed by atoms with Crippen molar-refractivity contribution in [1.29, 1.82) is 0 Å². The molecule has 1 aromatic carbocycles. The van der Waals surface area contributed by atoms with Crippen molar-refractivity contribution in [3.8, 4) is 0 Å². The molecule has 2 atom stereocenters. The summed E-state index contributed by atoms with van der Waals surface area (Å²) in [6.45, 7) is 3.24. The van der Waals surface area contributed by atoms with Crippen molar-refractivity contribution in [2.24, 2.45) is 5.92 Å². The minimum atomic E-state index is -0.364. The smallest absolute Gasteiger partial charge is 0.292 e. The molecule has 5 nitrogen and oxygen atoms in total. The third-order valence-corrected chi connectivity index (χ3v) is 3.83. The van der Waals surface area contributed by atoms with Gasteiger partial charge in [0.15, 0.2) is 0 Å². The van der Waals surface area contributed by atoms with Crippen LogP contribution in [-0.2, 0) is 0 Å². The van der Waals surface area contributed by atoms with Crippen LogP contribution in [0.3, 0.4) is 0 Å². The molecule has 1 saturated heterocycles. The molecule has 1 aromatic rings. The second-order valence-corrected chi connectivity index (χ2v) is 5.59. The fourth-order valence-corrected chi connectivity index (χ4v) is 2.61. The van der Waals surface area contributed by atoms with E-state index in [1.807, 2.05) is 11.8 Å². The lowest BCUT2D eigenvalue weighted by Gasteiger charge is -2.35. The number of piperidine rings is 1. The Kier molecular flexibility index (Phi) is 3.87. The summed E-state index contributed by atoms with van der Waals surface area (Å²) in [6, 6.07) is 4.95. The monoisotopic (exact) mass is 314 g/mol. The molecule has 0 radical (unpaired) electrons. The van der Waals surface area contributed by atoms with Gasteiger partial charge < -0.3 is 10.0 Å². The maximum absolute atomic E-state index is 11.0. The van der Waals surface area contributed by atoms with Crippen LogP contribution in [0.1, 0.15) is 13.3 Å². The first-order valence-electron chi connectivity index (χ1n) is 5.86. The Morgan fingerprint density at radius 2 is 2.28 bits per heavy atom. The van der Waals surface area contributed by atoms with E-state index in [0.29, 0.717) is 25.2 Å². The second kappa shape index (κ2) is 5.24. The Hall–Kier alpha value is -1.14. The van der Waals surface area contributed by atoms with Gasteiger partial charge in [0.1, 0.15) is 5.69 Å². The van der Waals surface area contributed by atoms with E-state index in [1.165, 1.54) is 6.07 Å². The number of hydrogen-bond acceptors (Lipinski definition) is 4. The molecule has 2 unspecified atom stereocenters. The molecule has 1 aliphatic rings. The molecule has 0 aromatic heterocycles. The fraction of sp³-hybridized carbons (Fsp3) is 0.500. The van der Waals surface area contributed by atoms with Crippen LogP contribution in [-0.4, -0.2) is 29.2 Å². The van der Waals surface area contributed by atoms with Gasteiger partial charge in [-0.2, -0.15) is 0 Å². The van der Waals surface area contributed by atoms with Gasteiger partial charge in [0, 0.05) is 23.6 Å². The summed E-state index contributed by atoms with van der Waals surface area (Å²) in [6.07, 6.45) is 0.331. The van der Waals surface area contributed by atoms with E-state index in [0.717, 1.165) is 4.47 Å². The zero-order chi connectivity index (χ0) is 13.3. The molecule has 98 valence electrons. The molecule has 18 heavy (non-hydrogen) atoms. The van der Waals surface area contributed by atoms with Crippen molar-refractivity contribution < 1.29 is 10.0 Å². The molecule has 1 fully saturated rings. The highest BCUT2D eigenvalue weighted by Gasteiger charge is 2.28. The highest BCUT2D eigenvalue weighted by molar-refractivity contribution is 9.10. The normalized spacial score (nSPS) is 24.1. The van der Waals surface area contributed by atoms with Crippen LogP contribution in [0.4, 0.5) is 11.4 Å². The number of hydrogen-bond donors (Lipinski definition) is 1. The van der Waals surface area contributed by atoms with Gasteiger partial charge in [-0.3, -0.25) is 10.1 Å². The van der Waals surface area contributed by atoms with Crippen molar-refractivity contribution in [3.63, 3.8) is 0 Å². The number of anilines is 1. The minimum absolute atomic E-state index is 0.113. The van der Waals surface area contributed by atoms with Crippen LogP contribution < -0.4 is 4.90 Å². The van der Waals surface area contributed by atoms with Crippen LogP contribution >= 0.6 is 15.9 Å². The van der Waals surface area contributed by atoms with Gasteiger partial charge in [-0.15, -0.1) is 0 Å². The zero-order valence-electron chi connectivity index (χ0n) is 10.0. The highest BCUT2D eigenvalue weighted by Crippen LogP contribution is 2.33. The Bertz CT molecular complexity index is 467. The van der Waals surface area contributed by atoms with Gasteiger partial charge in [-0.05, 0) is 24.5 Å². The predicted molar refractivity (Wildman–Crippen MR) is 72.8 cm³/mol. The minimum Gasteiger partial charge on any atom is -0.393 e. The summed E-state index contributed by atoms with van der Waals surface area (Å²) in [4.78, 5) is 12.6. The summed E-state index contributed by atoms with van der Waals surface area (Å²) in [5.74, 6) is 0.123. The van der Waals surface area contributed by atoms with Crippen molar-refractivity contribution in [3.05, 3.63) is 32.8 Å². The summed E-state index contributed by atoms with van der Waals surface area (Å²) in [5.41, 5.74) is 0.731. The van der Waals surface area contributed by atoms with Gasteiger partial charge in [0.05, 0.1) is 11.0 Å². The molecule has 0 saturated carbocycles. The topological polar surface area (TPSA) is 66.6 Å².